The molecule has 21 heavy (non-hydrogen) atoms. The fraction of sp³-hybridized carbons (Fsp3) is 0.714. The Morgan fingerprint density at radius 2 is 2.05 bits per heavy atom. The van der Waals surface area contributed by atoms with Crippen LogP contribution in [0.25, 0.3) is 0 Å². The highest BCUT2D eigenvalue weighted by atomic mass is 28.4. The molecule has 2 heterocycles. The number of amides is 1. The van der Waals surface area contributed by atoms with Crippen LogP contribution in [0.2, 0.25) is 18.1 Å². The van der Waals surface area contributed by atoms with Gasteiger partial charge in [0.2, 0.25) is 5.91 Å². The zero-order chi connectivity index (χ0) is 16.0. The molecule has 0 unspecified atom stereocenters. The van der Waals surface area contributed by atoms with Gasteiger partial charge < -0.3 is 10.2 Å². The van der Waals surface area contributed by atoms with Crippen molar-refractivity contribution in [3.05, 3.63) is 6.20 Å². The van der Waals surface area contributed by atoms with Crippen molar-refractivity contribution >= 4 is 25.7 Å². The van der Waals surface area contributed by atoms with Crippen LogP contribution in [-0.4, -0.2) is 36.7 Å². The number of nitrogens with two attached hydrogens (primary N) is 1. The molecule has 7 heteroatoms. The number of nitrogens with zero attached hydrogens (tertiary/aromatic N) is 3. The van der Waals surface area contributed by atoms with Crippen molar-refractivity contribution in [2.24, 2.45) is 7.05 Å². The van der Waals surface area contributed by atoms with E-state index in [-0.39, 0.29) is 17.0 Å². The maximum absolute atomic E-state index is 12.2. The second kappa shape index (κ2) is 5.13. The monoisotopic (exact) mass is 310 g/mol. The first kappa shape index (κ1) is 16.0. The van der Waals surface area contributed by atoms with Crippen molar-refractivity contribution in [2.45, 2.75) is 51.4 Å². The van der Waals surface area contributed by atoms with Crippen LogP contribution in [0.15, 0.2) is 6.20 Å². The Balaban J connectivity index is 2.12. The van der Waals surface area contributed by atoms with E-state index in [4.69, 9.17) is 10.2 Å². The van der Waals surface area contributed by atoms with Crippen LogP contribution in [0.4, 0.5) is 11.5 Å². The summed E-state index contributed by atoms with van der Waals surface area (Å²) in [5, 5.41) is 4.41. The number of aromatic nitrogens is 2. The molecule has 1 atom stereocenters. The number of aryl methyl sites for hydroxylation is 1. The van der Waals surface area contributed by atoms with E-state index in [9.17, 15) is 4.79 Å². The van der Waals surface area contributed by atoms with E-state index < -0.39 is 8.32 Å². The Bertz CT molecular complexity index is 548. The van der Waals surface area contributed by atoms with Crippen LogP contribution >= 0.6 is 0 Å². The minimum atomic E-state index is -1.87. The molecule has 118 valence electrons. The highest BCUT2D eigenvalue weighted by Crippen LogP contribution is 2.39. The smallest absolute Gasteiger partial charge is 0.230 e. The minimum Gasteiger partial charge on any atom is -0.412 e. The zero-order valence-corrected chi connectivity index (χ0v) is 14.8. The third kappa shape index (κ3) is 3.13. The fourth-order valence-electron chi connectivity index (χ4n) is 2.26. The molecule has 1 fully saturated rings. The van der Waals surface area contributed by atoms with Gasteiger partial charge in [0.1, 0.15) is 0 Å². The van der Waals surface area contributed by atoms with E-state index >= 15 is 0 Å². The molecular formula is C14H26N4O2Si. The number of anilines is 2. The summed E-state index contributed by atoms with van der Waals surface area (Å²) in [5.41, 5.74) is 6.44. The van der Waals surface area contributed by atoms with Gasteiger partial charge in [-0.3, -0.25) is 14.4 Å². The Hall–Kier alpha value is -1.34. The predicted octanol–water partition coefficient (Wildman–Crippen LogP) is 2.13. The molecule has 0 spiro atoms. The summed E-state index contributed by atoms with van der Waals surface area (Å²) >= 11 is 0. The second-order valence-electron chi connectivity index (χ2n) is 7.29. The average Bonchev–Trinajstić information content (AvgIpc) is 2.79. The van der Waals surface area contributed by atoms with Gasteiger partial charge in [0.15, 0.2) is 14.1 Å². The van der Waals surface area contributed by atoms with E-state index in [1.165, 1.54) is 0 Å². The van der Waals surface area contributed by atoms with Crippen LogP contribution < -0.4 is 10.6 Å². The predicted molar refractivity (Wildman–Crippen MR) is 86.7 cm³/mol. The van der Waals surface area contributed by atoms with Crippen molar-refractivity contribution in [2.75, 3.05) is 17.2 Å². The summed E-state index contributed by atoms with van der Waals surface area (Å²) in [5.74, 6) is 0.577. The molecule has 0 aliphatic carbocycles. The first-order valence-corrected chi connectivity index (χ1v) is 10.2. The quantitative estimate of drug-likeness (QED) is 0.868. The third-order valence-electron chi connectivity index (χ3n) is 4.45. The lowest BCUT2D eigenvalue weighted by molar-refractivity contribution is -0.117. The lowest BCUT2D eigenvalue weighted by Gasteiger charge is -2.38. The lowest BCUT2D eigenvalue weighted by atomic mass is 10.2. The summed E-state index contributed by atoms with van der Waals surface area (Å²) in [6, 6.07) is 0. The van der Waals surface area contributed by atoms with Crippen molar-refractivity contribution in [3.63, 3.8) is 0 Å². The van der Waals surface area contributed by atoms with Crippen LogP contribution in [0.5, 0.6) is 0 Å². The minimum absolute atomic E-state index is 0.0316. The lowest BCUT2D eigenvalue weighted by Crippen LogP contribution is -2.44. The zero-order valence-electron chi connectivity index (χ0n) is 13.8. The molecule has 1 aromatic heterocycles. The molecule has 1 aliphatic heterocycles. The fourth-order valence-corrected chi connectivity index (χ4v) is 3.60. The molecule has 2 rings (SSSR count). The number of carbonyl (C=O) groups is 1. The SMILES string of the molecule is Cn1cc(N)c(N2C[C@@H](O[Si](C)(C)C(C)(C)C)CC2=O)n1. The molecule has 0 aromatic carbocycles. The van der Waals surface area contributed by atoms with Crippen LogP contribution in [-0.2, 0) is 16.3 Å². The molecule has 1 amide bonds. The van der Waals surface area contributed by atoms with E-state index in [1.807, 2.05) is 0 Å². The molecule has 1 saturated heterocycles. The molecule has 0 radical (unpaired) electrons. The summed E-state index contributed by atoms with van der Waals surface area (Å²) < 4.78 is 7.96. The Kier molecular flexibility index (Phi) is 3.92. The second-order valence-corrected chi connectivity index (χ2v) is 12.0. The molecule has 0 saturated carbocycles. The maximum Gasteiger partial charge on any atom is 0.230 e. The number of carbonyl (C=O) groups excluding carboxylic acids is 1. The van der Waals surface area contributed by atoms with Gasteiger partial charge >= 0.3 is 0 Å². The van der Waals surface area contributed by atoms with Gasteiger partial charge in [-0.2, -0.15) is 5.10 Å². The topological polar surface area (TPSA) is 73.4 Å². The van der Waals surface area contributed by atoms with Crippen LogP contribution in [0.3, 0.4) is 0 Å². The van der Waals surface area contributed by atoms with E-state index in [0.29, 0.717) is 24.5 Å². The van der Waals surface area contributed by atoms with Crippen LogP contribution in [0, 0.1) is 0 Å². The molecule has 1 aliphatic rings. The first-order valence-electron chi connectivity index (χ1n) is 7.28. The third-order valence-corrected chi connectivity index (χ3v) is 8.98. The van der Waals surface area contributed by atoms with Crippen molar-refractivity contribution in [1.29, 1.82) is 0 Å². The molecule has 6 nitrogen and oxygen atoms in total. The highest BCUT2D eigenvalue weighted by molar-refractivity contribution is 6.74. The highest BCUT2D eigenvalue weighted by Gasteiger charge is 2.42. The summed E-state index contributed by atoms with van der Waals surface area (Å²) in [7, 11) is -0.0786. The number of rotatable bonds is 3. The standard InChI is InChI=1S/C14H26N4O2Si/c1-14(2,3)21(5,6)20-10-7-12(19)18(8-10)13-11(15)9-17(4)16-13/h9-10H,7-8,15H2,1-6H3/t10-/m0/s1. The number of hydrogen-bond donors (Lipinski definition) is 1. The van der Waals surface area contributed by atoms with Gasteiger partial charge in [0.25, 0.3) is 0 Å². The molecule has 0 bridgehead atoms. The van der Waals surface area contributed by atoms with Crippen LogP contribution in [0.1, 0.15) is 27.2 Å². The number of nitrogen functional groups attached to an aromatic ring is 1. The Morgan fingerprint density at radius 1 is 1.43 bits per heavy atom. The molecule has 2 N–H and O–H groups in total. The van der Waals surface area contributed by atoms with Gasteiger partial charge in [0, 0.05) is 13.2 Å². The van der Waals surface area contributed by atoms with E-state index in [1.54, 1.807) is 22.8 Å². The van der Waals surface area contributed by atoms with Gasteiger partial charge in [-0.1, -0.05) is 20.8 Å². The summed E-state index contributed by atoms with van der Waals surface area (Å²) in [6.45, 7) is 11.5. The normalized spacial score (nSPS) is 20.4. The van der Waals surface area contributed by atoms with Gasteiger partial charge in [-0.15, -0.1) is 0 Å². The maximum atomic E-state index is 12.2. The van der Waals surface area contributed by atoms with Crippen molar-refractivity contribution < 1.29 is 9.22 Å². The van der Waals surface area contributed by atoms with Crippen molar-refractivity contribution in [1.82, 2.24) is 9.78 Å². The Labute approximate surface area is 127 Å². The Morgan fingerprint density at radius 3 is 2.52 bits per heavy atom. The molecule has 1 aromatic rings. The van der Waals surface area contributed by atoms with Crippen molar-refractivity contribution in [3.8, 4) is 0 Å². The first-order chi connectivity index (χ1) is 9.51. The summed E-state index contributed by atoms with van der Waals surface area (Å²) in [6.07, 6.45) is 2.05. The van der Waals surface area contributed by atoms with Gasteiger partial charge in [0.05, 0.1) is 24.8 Å². The van der Waals surface area contributed by atoms with E-state index in [2.05, 4.69) is 39.0 Å². The average molecular weight is 310 g/mol. The molecular weight excluding hydrogens is 284 g/mol. The van der Waals surface area contributed by atoms with Gasteiger partial charge in [-0.25, -0.2) is 0 Å². The van der Waals surface area contributed by atoms with E-state index in [0.717, 1.165) is 0 Å². The largest absolute Gasteiger partial charge is 0.412 e. The number of hydrogen-bond acceptors (Lipinski definition) is 4. The summed E-state index contributed by atoms with van der Waals surface area (Å²) in [4.78, 5) is 13.9. The van der Waals surface area contributed by atoms with Gasteiger partial charge in [-0.05, 0) is 18.1 Å².